The molecule has 78 valence electrons. The third-order valence-electron chi connectivity index (χ3n) is 2.58. The first-order chi connectivity index (χ1) is 7.24. The van der Waals surface area contributed by atoms with Gasteiger partial charge in [-0.25, -0.2) is 0 Å². The van der Waals surface area contributed by atoms with Gasteiger partial charge in [0.2, 0.25) is 0 Å². The third-order valence-corrected chi connectivity index (χ3v) is 2.58. The zero-order chi connectivity index (χ0) is 10.7. The molecule has 0 atom stereocenters. The van der Waals surface area contributed by atoms with Crippen molar-refractivity contribution in [3.05, 3.63) is 59.0 Å². The molecule has 0 unspecified atom stereocenters. The Morgan fingerprint density at radius 2 is 1.60 bits per heavy atom. The molecule has 0 fully saturated rings. The molecule has 0 spiro atoms. The van der Waals surface area contributed by atoms with Gasteiger partial charge in [0.1, 0.15) is 11.5 Å². The van der Waals surface area contributed by atoms with Crippen molar-refractivity contribution >= 4 is 0 Å². The van der Waals surface area contributed by atoms with Gasteiger partial charge in [-0.3, -0.25) is 0 Å². The van der Waals surface area contributed by atoms with Crippen LogP contribution in [-0.2, 0) is 12.8 Å². The summed E-state index contributed by atoms with van der Waals surface area (Å²) in [6, 6.07) is 12.8. The predicted molar refractivity (Wildman–Crippen MR) is 62.0 cm³/mol. The summed E-state index contributed by atoms with van der Waals surface area (Å²) in [4.78, 5) is 0. The maximum Gasteiger partial charge on any atom is 0.104 e. The van der Waals surface area contributed by atoms with E-state index in [4.69, 9.17) is 4.42 Å². The molecule has 2 aromatic rings. The number of furan rings is 1. The summed E-state index contributed by atoms with van der Waals surface area (Å²) in [5.41, 5.74) is 2.68. The van der Waals surface area contributed by atoms with Gasteiger partial charge in [0.15, 0.2) is 0 Å². The van der Waals surface area contributed by atoms with E-state index in [0.29, 0.717) is 0 Å². The third kappa shape index (κ3) is 2.72. The van der Waals surface area contributed by atoms with Crippen LogP contribution in [0, 0.1) is 13.8 Å². The van der Waals surface area contributed by atoms with E-state index in [2.05, 4.69) is 37.3 Å². The van der Waals surface area contributed by atoms with Crippen LogP contribution in [0.4, 0.5) is 0 Å². The lowest BCUT2D eigenvalue weighted by atomic mass is 10.1. The normalized spacial score (nSPS) is 10.5. The first kappa shape index (κ1) is 10.0. The molecule has 0 aliphatic heterocycles. The Morgan fingerprint density at radius 1 is 0.867 bits per heavy atom. The lowest BCUT2D eigenvalue weighted by Crippen LogP contribution is -1.89. The molecule has 0 bridgehead atoms. The van der Waals surface area contributed by atoms with Gasteiger partial charge in [0.05, 0.1) is 0 Å². The molecule has 0 amide bonds. The van der Waals surface area contributed by atoms with Crippen LogP contribution < -0.4 is 0 Å². The quantitative estimate of drug-likeness (QED) is 0.736. The Hall–Kier alpha value is -1.50. The van der Waals surface area contributed by atoms with Gasteiger partial charge in [0, 0.05) is 6.42 Å². The van der Waals surface area contributed by atoms with E-state index in [9.17, 15) is 0 Å². The standard InChI is InChI=1S/C14H16O/c1-11-3-6-13(7-4-11)8-10-14-9-5-12(2)15-14/h3-7,9H,8,10H2,1-2H3. The summed E-state index contributed by atoms with van der Waals surface area (Å²) in [7, 11) is 0. The van der Waals surface area contributed by atoms with Gasteiger partial charge in [0.25, 0.3) is 0 Å². The topological polar surface area (TPSA) is 13.1 Å². The van der Waals surface area contributed by atoms with Gasteiger partial charge in [-0.15, -0.1) is 0 Å². The first-order valence-corrected chi connectivity index (χ1v) is 5.35. The van der Waals surface area contributed by atoms with E-state index in [1.165, 1.54) is 11.1 Å². The average molecular weight is 200 g/mol. The molecule has 0 saturated carbocycles. The van der Waals surface area contributed by atoms with Crippen LogP contribution in [0.2, 0.25) is 0 Å². The Labute approximate surface area is 90.7 Å². The molecule has 0 radical (unpaired) electrons. The molecule has 1 heteroatoms. The van der Waals surface area contributed by atoms with Crippen molar-refractivity contribution in [2.75, 3.05) is 0 Å². The minimum Gasteiger partial charge on any atom is -0.466 e. The summed E-state index contributed by atoms with van der Waals surface area (Å²) in [5, 5.41) is 0. The van der Waals surface area contributed by atoms with Crippen LogP contribution in [0.25, 0.3) is 0 Å². The molecule has 0 N–H and O–H groups in total. The van der Waals surface area contributed by atoms with Crippen molar-refractivity contribution in [3.63, 3.8) is 0 Å². The molecule has 0 saturated heterocycles. The minimum atomic E-state index is 0.983. The SMILES string of the molecule is Cc1ccc(CCc2ccc(C)o2)cc1. The van der Waals surface area contributed by atoms with Crippen molar-refractivity contribution in [3.8, 4) is 0 Å². The minimum absolute atomic E-state index is 0.983. The molecule has 15 heavy (non-hydrogen) atoms. The van der Waals surface area contributed by atoms with Crippen LogP contribution >= 0.6 is 0 Å². The van der Waals surface area contributed by atoms with Crippen LogP contribution in [0.1, 0.15) is 22.6 Å². The Balaban J connectivity index is 1.96. The highest BCUT2D eigenvalue weighted by molar-refractivity contribution is 5.22. The zero-order valence-electron chi connectivity index (χ0n) is 9.29. The van der Waals surface area contributed by atoms with Crippen molar-refractivity contribution in [2.45, 2.75) is 26.7 Å². The number of aryl methyl sites for hydroxylation is 4. The number of rotatable bonds is 3. The second-order valence-corrected chi connectivity index (χ2v) is 4.00. The fourth-order valence-electron chi connectivity index (χ4n) is 1.64. The van der Waals surface area contributed by atoms with E-state index < -0.39 is 0 Å². The van der Waals surface area contributed by atoms with Crippen molar-refractivity contribution < 1.29 is 4.42 Å². The monoisotopic (exact) mass is 200 g/mol. The van der Waals surface area contributed by atoms with E-state index in [1.807, 2.05) is 13.0 Å². The molecule has 1 nitrogen and oxygen atoms in total. The summed E-state index contributed by atoms with van der Waals surface area (Å²) in [6.07, 6.45) is 2.03. The van der Waals surface area contributed by atoms with E-state index >= 15 is 0 Å². The molecule has 0 aliphatic rings. The smallest absolute Gasteiger partial charge is 0.104 e. The maximum atomic E-state index is 5.53. The lowest BCUT2D eigenvalue weighted by Gasteiger charge is -2.00. The van der Waals surface area contributed by atoms with E-state index in [-0.39, 0.29) is 0 Å². The maximum absolute atomic E-state index is 5.53. The molecular weight excluding hydrogens is 184 g/mol. The largest absolute Gasteiger partial charge is 0.466 e. The number of hydrogen-bond donors (Lipinski definition) is 0. The van der Waals surface area contributed by atoms with Gasteiger partial charge in [-0.05, 0) is 38.0 Å². The fourth-order valence-corrected chi connectivity index (χ4v) is 1.64. The zero-order valence-corrected chi connectivity index (χ0v) is 9.29. The van der Waals surface area contributed by atoms with Crippen molar-refractivity contribution in [1.82, 2.24) is 0 Å². The van der Waals surface area contributed by atoms with Gasteiger partial charge >= 0.3 is 0 Å². The summed E-state index contributed by atoms with van der Waals surface area (Å²) in [5.74, 6) is 2.07. The highest BCUT2D eigenvalue weighted by Crippen LogP contribution is 2.11. The second kappa shape index (κ2) is 4.35. The van der Waals surface area contributed by atoms with Crippen LogP contribution in [-0.4, -0.2) is 0 Å². The first-order valence-electron chi connectivity index (χ1n) is 5.35. The van der Waals surface area contributed by atoms with Crippen LogP contribution in [0.3, 0.4) is 0 Å². The van der Waals surface area contributed by atoms with Gasteiger partial charge in [-0.1, -0.05) is 29.8 Å². The molecular formula is C14H16O. The average Bonchev–Trinajstić information content (AvgIpc) is 2.64. The Morgan fingerprint density at radius 3 is 2.20 bits per heavy atom. The molecule has 1 aromatic heterocycles. The van der Waals surface area contributed by atoms with Crippen molar-refractivity contribution in [1.29, 1.82) is 0 Å². The predicted octanol–water partition coefficient (Wildman–Crippen LogP) is 3.68. The summed E-state index contributed by atoms with van der Waals surface area (Å²) >= 11 is 0. The lowest BCUT2D eigenvalue weighted by molar-refractivity contribution is 0.482. The molecule has 1 heterocycles. The van der Waals surface area contributed by atoms with Gasteiger partial charge < -0.3 is 4.42 Å². The van der Waals surface area contributed by atoms with Crippen molar-refractivity contribution in [2.24, 2.45) is 0 Å². The highest BCUT2D eigenvalue weighted by Gasteiger charge is 1.99. The second-order valence-electron chi connectivity index (χ2n) is 4.00. The molecule has 1 aromatic carbocycles. The van der Waals surface area contributed by atoms with E-state index in [0.717, 1.165) is 24.4 Å². The Bertz CT molecular complexity index is 423. The summed E-state index contributed by atoms with van der Waals surface area (Å²) in [6.45, 7) is 4.09. The molecule has 0 aliphatic carbocycles. The summed E-state index contributed by atoms with van der Waals surface area (Å²) < 4.78 is 5.53. The molecule has 2 rings (SSSR count). The number of benzene rings is 1. The van der Waals surface area contributed by atoms with Crippen LogP contribution in [0.5, 0.6) is 0 Å². The number of hydrogen-bond acceptors (Lipinski definition) is 1. The van der Waals surface area contributed by atoms with Gasteiger partial charge in [-0.2, -0.15) is 0 Å². The van der Waals surface area contributed by atoms with Crippen LogP contribution in [0.15, 0.2) is 40.8 Å². The Kier molecular flexibility index (Phi) is 2.91. The fraction of sp³-hybridized carbons (Fsp3) is 0.286. The highest BCUT2D eigenvalue weighted by atomic mass is 16.3. The van der Waals surface area contributed by atoms with E-state index in [1.54, 1.807) is 0 Å².